The van der Waals surface area contributed by atoms with E-state index in [-0.39, 0.29) is 11.2 Å². The van der Waals surface area contributed by atoms with E-state index in [2.05, 4.69) is 30.7 Å². The second-order valence-corrected chi connectivity index (χ2v) is 5.77. The molecule has 1 aromatic rings. The van der Waals surface area contributed by atoms with Gasteiger partial charge in [-0.25, -0.2) is 0 Å². The fourth-order valence-electron chi connectivity index (χ4n) is 2.46. The Balaban J connectivity index is 0.000000276. The smallest absolute Gasteiger partial charge is 0.152 e. The highest BCUT2D eigenvalue weighted by atomic mass is 16.1. The molecule has 0 fully saturated rings. The minimum Gasteiger partial charge on any atom is -0.295 e. The summed E-state index contributed by atoms with van der Waals surface area (Å²) in [4.78, 5) is 18.3. The maximum absolute atomic E-state index is 10.9. The van der Waals surface area contributed by atoms with Crippen LogP contribution in [0.4, 0.5) is 0 Å². The molecule has 1 heterocycles. The number of carbonyl (C=O) groups is 1. The van der Waals surface area contributed by atoms with Gasteiger partial charge in [-0.05, 0) is 50.2 Å². The lowest BCUT2D eigenvalue weighted by Gasteiger charge is -2.32. The predicted octanol–water partition coefficient (Wildman–Crippen LogP) is 4.13. The molecule has 1 aromatic heterocycles. The van der Waals surface area contributed by atoms with Gasteiger partial charge in [0.25, 0.3) is 0 Å². The van der Waals surface area contributed by atoms with Gasteiger partial charge in [0.2, 0.25) is 0 Å². The van der Waals surface area contributed by atoms with Crippen molar-refractivity contribution in [1.29, 1.82) is 0 Å². The quantitative estimate of drug-likeness (QED) is 0.760. The predicted molar refractivity (Wildman–Crippen MR) is 82.2 cm³/mol. The van der Waals surface area contributed by atoms with E-state index in [1.165, 1.54) is 30.4 Å². The molecule has 0 radical (unpaired) electrons. The molecular weight excluding hydrogens is 248 g/mol. The number of ketones is 1. The van der Waals surface area contributed by atoms with Crippen LogP contribution in [-0.2, 0) is 4.79 Å². The highest BCUT2D eigenvalue weighted by molar-refractivity contribution is 5.87. The monoisotopic (exact) mass is 272 g/mol. The molecule has 108 valence electrons. The van der Waals surface area contributed by atoms with E-state index in [1.807, 2.05) is 6.08 Å². The maximum Gasteiger partial charge on any atom is 0.152 e. The van der Waals surface area contributed by atoms with E-state index in [4.69, 9.17) is 0 Å². The number of nitrogens with zero attached hydrogens (tertiary/aromatic N) is 2. The lowest BCUT2D eigenvalue weighted by molar-refractivity contribution is -0.112. The van der Waals surface area contributed by atoms with Crippen molar-refractivity contribution in [2.45, 2.75) is 47.0 Å². The molecule has 0 amide bonds. The zero-order chi connectivity index (χ0) is 15.0. The molecule has 3 heteroatoms. The molecule has 1 aliphatic carbocycles. The van der Waals surface area contributed by atoms with Crippen molar-refractivity contribution in [1.82, 2.24) is 9.97 Å². The Morgan fingerprint density at radius 1 is 1.20 bits per heavy atom. The molecule has 0 unspecified atom stereocenters. The Labute approximate surface area is 121 Å². The summed E-state index contributed by atoms with van der Waals surface area (Å²) in [7, 11) is 0. The second kappa shape index (κ2) is 7.73. The van der Waals surface area contributed by atoms with Gasteiger partial charge in [-0.3, -0.25) is 14.8 Å². The Kier molecular flexibility index (Phi) is 6.29. The third-order valence-electron chi connectivity index (χ3n) is 3.50. The third-order valence-corrected chi connectivity index (χ3v) is 3.50. The summed E-state index contributed by atoms with van der Waals surface area (Å²) >= 11 is 0. The van der Waals surface area contributed by atoms with Gasteiger partial charge in [-0.2, -0.15) is 0 Å². The van der Waals surface area contributed by atoms with E-state index < -0.39 is 0 Å². The van der Waals surface area contributed by atoms with Gasteiger partial charge in [0.15, 0.2) is 5.78 Å². The van der Waals surface area contributed by atoms with Gasteiger partial charge in [-0.1, -0.05) is 25.5 Å². The summed E-state index contributed by atoms with van der Waals surface area (Å²) in [6.45, 7) is 8.30. The van der Waals surface area contributed by atoms with Crippen LogP contribution in [0.2, 0.25) is 0 Å². The lowest BCUT2D eigenvalue weighted by atomic mass is 9.72. The fourth-order valence-corrected chi connectivity index (χ4v) is 2.46. The zero-order valence-electron chi connectivity index (χ0n) is 12.9. The second-order valence-electron chi connectivity index (χ2n) is 5.77. The topological polar surface area (TPSA) is 42.9 Å². The first-order valence-electron chi connectivity index (χ1n) is 7.02. The van der Waals surface area contributed by atoms with Crippen molar-refractivity contribution in [2.75, 3.05) is 0 Å². The van der Waals surface area contributed by atoms with E-state index in [0.29, 0.717) is 0 Å². The van der Waals surface area contributed by atoms with Gasteiger partial charge in [0.05, 0.1) is 0 Å². The third kappa shape index (κ3) is 5.47. The van der Waals surface area contributed by atoms with Gasteiger partial charge < -0.3 is 0 Å². The molecule has 20 heavy (non-hydrogen) atoms. The molecule has 0 N–H and O–H groups in total. The van der Waals surface area contributed by atoms with Crippen molar-refractivity contribution in [3.05, 3.63) is 48.1 Å². The molecule has 0 aliphatic heterocycles. The molecule has 0 atom stereocenters. The van der Waals surface area contributed by atoms with Crippen LogP contribution in [0.1, 0.15) is 47.0 Å². The van der Waals surface area contributed by atoms with Crippen molar-refractivity contribution in [3.8, 4) is 0 Å². The minimum absolute atomic E-state index is 0.131. The summed E-state index contributed by atoms with van der Waals surface area (Å²) in [5.74, 6) is 0.131. The van der Waals surface area contributed by atoms with Crippen LogP contribution in [0, 0.1) is 5.41 Å². The number of carbonyl (C=O) groups excluding carboxylic acids is 1. The number of aromatic nitrogens is 2. The van der Waals surface area contributed by atoms with Gasteiger partial charge in [0.1, 0.15) is 0 Å². The summed E-state index contributed by atoms with van der Waals surface area (Å²) < 4.78 is 0. The Morgan fingerprint density at radius 3 is 2.15 bits per heavy atom. The number of allylic oxidation sites excluding steroid dienone is 4. The average Bonchev–Trinajstić information content (AvgIpc) is 2.40. The van der Waals surface area contributed by atoms with E-state index >= 15 is 0 Å². The Hall–Kier alpha value is -1.77. The van der Waals surface area contributed by atoms with Crippen molar-refractivity contribution in [3.63, 3.8) is 0 Å². The molecule has 3 nitrogen and oxygen atoms in total. The first-order chi connectivity index (χ1) is 9.43. The van der Waals surface area contributed by atoms with Gasteiger partial charge in [0, 0.05) is 24.8 Å². The molecule has 0 bridgehead atoms. The number of rotatable bonds is 2. The lowest BCUT2D eigenvalue weighted by Crippen LogP contribution is -2.19. The number of hydrogen-bond donors (Lipinski definition) is 0. The highest BCUT2D eigenvalue weighted by Gasteiger charge is 2.26. The van der Waals surface area contributed by atoms with Crippen LogP contribution >= 0.6 is 0 Å². The summed E-state index contributed by atoms with van der Waals surface area (Å²) in [6, 6.07) is 0. The summed E-state index contributed by atoms with van der Waals surface area (Å²) in [6.07, 6.45) is 13.9. The molecule has 1 aliphatic rings. The van der Waals surface area contributed by atoms with Crippen LogP contribution in [0.25, 0.3) is 0 Å². The summed E-state index contributed by atoms with van der Waals surface area (Å²) in [5.41, 5.74) is 3.05. The molecular formula is C17H24N2O. The van der Waals surface area contributed by atoms with Crippen LogP contribution in [0.5, 0.6) is 0 Å². The standard InChI is InChI=1S/C13H20O.C4H4N2/c1-10-6-5-9-13(3,4)12(10)8-7-11(2)14;1-2-6-4-3-5-1/h7-8H,5-6,9H2,1-4H3;1-4H. The van der Waals surface area contributed by atoms with Crippen molar-refractivity contribution < 1.29 is 4.79 Å². The molecule has 2 rings (SSSR count). The van der Waals surface area contributed by atoms with Crippen LogP contribution < -0.4 is 0 Å². The largest absolute Gasteiger partial charge is 0.295 e. The van der Waals surface area contributed by atoms with Crippen molar-refractivity contribution in [2.24, 2.45) is 5.41 Å². The van der Waals surface area contributed by atoms with E-state index in [1.54, 1.807) is 37.8 Å². The van der Waals surface area contributed by atoms with E-state index in [0.717, 1.165) is 0 Å². The molecule has 0 aromatic carbocycles. The minimum atomic E-state index is 0.131. The Bertz CT molecular complexity index is 460. The molecule has 0 spiro atoms. The van der Waals surface area contributed by atoms with Crippen LogP contribution in [0.3, 0.4) is 0 Å². The normalized spacial score (nSPS) is 17.6. The zero-order valence-corrected chi connectivity index (χ0v) is 12.9. The van der Waals surface area contributed by atoms with Crippen LogP contribution in [0.15, 0.2) is 48.1 Å². The van der Waals surface area contributed by atoms with Crippen molar-refractivity contribution >= 4 is 5.78 Å². The summed E-state index contributed by atoms with van der Waals surface area (Å²) in [5, 5.41) is 0. The van der Waals surface area contributed by atoms with Gasteiger partial charge in [-0.15, -0.1) is 0 Å². The number of hydrogen-bond acceptors (Lipinski definition) is 3. The van der Waals surface area contributed by atoms with E-state index in [9.17, 15) is 4.79 Å². The molecule has 0 saturated carbocycles. The first kappa shape index (κ1) is 16.3. The highest BCUT2D eigenvalue weighted by Crippen LogP contribution is 2.40. The van der Waals surface area contributed by atoms with Gasteiger partial charge >= 0.3 is 0 Å². The molecule has 0 saturated heterocycles. The fraction of sp³-hybridized carbons (Fsp3) is 0.471. The first-order valence-corrected chi connectivity index (χ1v) is 7.02. The average molecular weight is 272 g/mol. The van der Waals surface area contributed by atoms with Crippen LogP contribution in [-0.4, -0.2) is 15.8 Å². The Morgan fingerprint density at radius 2 is 1.75 bits per heavy atom. The SMILES string of the molecule is CC(=O)C=CC1=C(C)CCCC1(C)C.c1cnccn1. The maximum atomic E-state index is 10.9.